The van der Waals surface area contributed by atoms with Crippen LogP contribution in [0.1, 0.15) is 19.3 Å². The van der Waals surface area contributed by atoms with Crippen molar-refractivity contribution >= 4 is 39.1 Å². The van der Waals surface area contributed by atoms with Crippen LogP contribution >= 0.6 is 27.5 Å². The molecule has 0 spiro atoms. The molecule has 92 valence electrons. The van der Waals surface area contributed by atoms with Gasteiger partial charge in [0.15, 0.2) is 0 Å². The van der Waals surface area contributed by atoms with E-state index in [-0.39, 0.29) is 11.9 Å². The van der Waals surface area contributed by atoms with Crippen molar-refractivity contribution in [3.8, 4) is 0 Å². The van der Waals surface area contributed by atoms with Crippen molar-refractivity contribution in [2.45, 2.75) is 25.3 Å². The van der Waals surface area contributed by atoms with Crippen LogP contribution in [-0.2, 0) is 4.79 Å². The van der Waals surface area contributed by atoms with Crippen LogP contribution < -0.4 is 10.6 Å². The SMILES string of the molecule is O=C(Nc1cnc(Cl)c(Br)c1)[C@H]1CCCCN1. The minimum atomic E-state index is -0.0989. The first kappa shape index (κ1) is 12.8. The van der Waals surface area contributed by atoms with Gasteiger partial charge in [-0.2, -0.15) is 0 Å². The quantitative estimate of drug-likeness (QED) is 0.824. The maximum atomic E-state index is 11.9. The minimum Gasteiger partial charge on any atom is -0.323 e. The Morgan fingerprint density at radius 1 is 1.59 bits per heavy atom. The van der Waals surface area contributed by atoms with E-state index in [4.69, 9.17) is 11.6 Å². The maximum Gasteiger partial charge on any atom is 0.241 e. The fraction of sp³-hybridized carbons (Fsp3) is 0.455. The van der Waals surface area contributed by atoms with E-state index in [2.05, 4.69) is 31.5 Å². The van der Waals surface area contributed by atoms with Gasteiger partial charge in [-0.15, -0.1) is 0 Å². The third-order valence-corrected chi connectivity index (χ3v) is 3.82. The Balaban J connectivity index is 1.99. The van der Waals surface area contributed by atoms with E-state index < -0.39 is 0 Å². The Hall–Kier alpha value is -0.650. The molecular weight excluding hydrogens is 305 g/mol. The molecule has 1 aliphatic rings. The predicted molar refractivity (Wildman–Crippen MR) is 71.2 cm³/mol. The van der Waals surface area contributed by atoms with Crippen LogP contribution in [0.3, 0.4) is 0 Å². The summed E-state index contributed by atoms with van der Waals surface area (Å²) >= 11 is 9.05. The van der Waals surface area contributed by atoms with E-state index in [0.29, 0.717) is 15.3 Å². The second kappa shape index (κ2) is 5.80. The fourth-order valence-corrected chi connectivity index (χ4v) is 2.25. The van der Waals surface area contributed by atoms with E-state index in [1.807, 2.05) is 0 Å². The van der Waals surface area contributed by atoms with Gasteiger partial charge in [0.25, 0.3) is 0 Å². The minimum absolute atomic E-state index is 0.0132. The van der Waals surface area contributed by atoms with Crippen molar-refractivity contribution in [2.24, 2.45) is 0 Å². The molecule has 0 bridgehead atoms. The van der Waals surface area contributed by atoms with Gasteiger partial charge in [0.05, 0.1) is 22.4 Å². The molecule has 1 amide bonds. The maximum absolute atomic E-state index is 11.9. The summed E-state index contributed by atoms with van der Waals surface area (Å²) in [4.78, 5) is 15.9. The summed E-state index contributed by atoms with van der Waals surface area (Å²) in [5.41, 5.74) is 0.652. The van der Waals surface area contributed by atoms with Crippen LogP contribution in [0, 0.1) is 0 Å². The molecule has 0 unspecified atom stereocenters. The number of nitrogens with one attached hydrogen (secondary N) is 2. The number of hydrogen-bond donors (Lipinski definition) is 2. The van der Waals surface area contributed by atoms with Crippen molar-refractivity contribution in [1.29, 1.82) is 0 Å². The lowest BCUT2D eigenvalue weighted by Gasteiger charge is -2.22. The van der Waals surface area contributed by atoms with Crippen LogP contribution in [0.2, 0.25) is 5.15 Å². The number of carbonyl (C=O) groups excluding carboxylic acids is 1. The standard InChI is InChI=1S/C11H13BrClN3O/c12-8-5-7(6-15-10(8)13)16-11(17)9-3-1-2-4-14-9/h5-6,9,14H,1-4H2,(H,16,17)/t9-/m1/s1. The lowest BCUT2D eigenvalue weighted by molar-refractivity contribution is -0.118. The number of carbonyl (C=O) groups is 1. The van der Waals surface area contributed by atoms with Gasteiger partial charge in [0.2, 0.25) is 5.91 Å². The van der Waals surface area contributed by atoms with Crippen molar-refractivity contribution in [3.63, 3.8) is 0 Å². The highest BCUT2D eigenvalue weighted by atomic mass is 79.9. The van der Waals surface area contributed by atoms with Crippen molar-refractivity contribution in [3.05, 3.63) is 21.9 Å². The molecule has 1 aromatic rings. The molecule has 2 N–H and O–H groups in total. The molecule has 6 heteroatoms. The third-order valence-electron chi connectivity index (χ3n) is 2.69. The number of nitrogens with zero attached hydrogens (tertiary/aromatic N) is 1. The Labute approximate surface area is 113 Å². The lowest BCUT2D eigenvalue weighted by atomic mass is 10.0. The Morgan fingerprint density at radius 3 is 3.06 bits per heavy atom. The first-order chi connectivity index (χ1) is 8.16. The fourth-order valence-electron chi connectivity index (χ4n) is 1.79. The number of pyridine rings is 1. The third kappa shape index (κ3) is 3.40. The van der Waals surface area contributed by atoms with Gasteiger partial charge in [-0.3, -0.25) is 4.79 Å². The second-order valence-corrected chi connectivity index (χ2v) is 5.20. The molecule has 0 aromatic carbocycles. The highest BCUT2D eigenvalue weighted by Gasteiger charge is 2.20. The topological polar surface area (TPSA) is 54.0 Å². The summed E-state index contributed by atoms with van der Waals surface area (Å²) in [7, 11) is 0. The van der Waals surface area contributed by atoms with Gasteiger partial charge in [-0.25, -0.2) is 4.98 Å². The van der Waals surface area contributed by atoms with Crippen molar-refractivity contribution < 1.29 is 4.79 Å². The van der Waals surface area contributed by atoms with Crippen LogP contribution in [0.15, 0.2) is 16.7 Å². The van der Waals surface area contributed by atoms with Gasteiger partial charge < -0.3 is 10.6 Å². The van der Waals surface area contributed by atoms with E-state index in [0.717, 1.165) is 25.8 Å². The molecule has 2 heterocycles. The zero-order chi connectivity index (χ0) is 12.3. The summed E-state index contributed by atoms with van der Waals surface area (Å²) in [6.07, 6.45) is 4.66. The highest BCUT2D eigenvalue weighted by molar-refractivity contribution is 9.10. The Kier molecular flexibility index (Phi) is 4.36. The average molecular weight is 319 g/mol. The first-order valence-electron chi connectivity index (χ1n) is 5.52. The van der Waals surface area contributed by atoms with Crippen LogP contribution in [0.5, 0.6) is 0 Å². The Morgan fingerprint density at radius 2 is 2.41 bits per heavy atom. The normalized spacial score (nSPS) is 20.0. The largest absolute Gasteiger partial charge is 0.323 e. The molecule has 0 saturated carbocycles. The van der Waals surface area contributed by atoms with Crippen LogP contribution in [0.25, 0.3) is 0 Å². The molecule has 1 aromatic heterocycles. The monoisotopic (exact) mass is 317 g/mol. The molecule has 1 aliphatic heterocycles. The van der Waals surface area contributed by atoms with Gasteiger partial charge in [-0.1, -0.05) is 18.0 Å². The predicted octanol–water partition coefficient (Wildman–Crippen LogP) is 2.58. The van der Waals surface area contributed by atoms with Crippen LogP contribution in [-0.4, -0.2) is 23.5 Å². The van der Waals surface area contributed by atoms with E-state index in [9.17, 15) is 4.79 Å². The van der Waals surface area contributed by atoms with E-state index in [1.54, 1.807) is 12.3 Å². The summed E-state index contributed by atoms with van der Waals surface area (Å²) in [5.74, 6) is -0.0132. The number of piperidine rings is 1. The molecule has 0 radical (unpaired) electrons. The van der Waals surface area contributed by atoms with Gasteiger partial charge in [0.1, 0.15) is 5.15 Å². The molecular formula is C11H13BrClN3O. The van der Waals surface area contributed by atoms with Gasteiger partial charge in [-0.05, 0) is 41.4 Å². The molecule has 1 fully saturated rings. The first-order valence-corrected chi connectivity index (χ1v) is 6.69. The molecule has 0 aliphatic carbocycles. The molecule has 2 rings (SSSR count). The van der Waals surface area contributed by atoms with Crippen LogP contribution in [0.4, 0.5) is 5.69 Å². The number of anilines is 1. The summed E-state index contributed by atoms with van der Waals surface area (Å²) in [6.45, 7) is 0.903. The number of amides is 1. The van der Waals surface area contributed by atoms with E-state index >= 15 is 0 Å². The molecule has 17 heavy (non-hydrogen) atoms. The highest BCUT2D eigenvalue weighted by Crippen LogP contribution is 2.23. The van der Waals surface area contributed by atoms with Crippen molar-refractivity contribution in [1.82, 2.24) is 10.3 Å². The zero-order valence-corrected chi connectivity index (χ0v) is 11.5. The van der Waals surface area contributed by atoms with E-state index in [1.165, 1.54) is 0 Å². The number of rotatable bonds is 2. The average Bonchev–Trinajstić information content (AvgIpc) is 2.35. The smallest absolute Gasteiger partial charge is 0.241 e. The number of halogens is 2. The second-order valence-electron chi connectivity index (χ2n) is 3.99. The number of aromatic nitrogens is 1. The summed E-state index contributed by atoms with van der Waals surface area (Å²) in [6, 6.07) is 1.65. The van der Waals surface area contributed by atoms with Gasteiger partial charge in [0, 0.05) is 0 Å². The number of hydrogen-bond acceptors (Lipinski definition) is 3. The summed E-state index contributed by atoms with van der Waals surface area (Å²) < 4.78 is 0.675. The molecule has 1 saturated heterocycles. The lowest BCUT2D eigenvalue weighted by Crippen LogP contribution is -2.43. The molecule has 1 atom stereocenters. The molecule has 4 nitrogen and oxygen atoms in total. The zero-order valence-electron chi connectivity index (χ0n) is 9.17. The summed E-state index contributed by atoms with van der Waals surface area (Å²) in [5, 5.41) is 6.41. The van der Waals surface area contributed by atoms with Gasteiger partial charge >= 0.3 is 0 Å². The van der Waals surface area contributed by atoms with Crippen molar-refractivity contribution in [2.75, 3.05) is 11.9 Å². The Bertz CT molecular complexity index is 421.